The summed E-state index contributed by atoms with van der Waals surface area (Å²) < 4.78 is 0. The number of urea groups is 1. The van der Waals surface area contributed by atoms with Gasteiger partial charge in [-0.05, 0) is 18.1 Å². The maximum Gasteiger partial charge on any atom is 0.325 e. The minimum absolute atomic E-state index is 0.0476. The Kier molecular flexibility index (Phi) is 5.46. The predicted octanol–water partition coefficient (Wildman–Crippen LogP) is 0.981. The number of aromatic nitrogens is 1. The first-order valence-electron chi connectivity index (χ1n) is 7.39. The van der Waals surface area contributed by atoms with E-state index in [2.05, 4.69) is 22.5 Å². The lowest BCUT2D eigenvalue weighted by Crippen LogP contribution is -2.42. The van der Waals surface area contributed by atoms with Crippen molar-refractivity contribution < 1.29 is 14.4 Å². The van der Waals surface area contributed by atoms with Crippen molar-refractivity contribution in [3.8, 4) is 0 Å². The number of pyridine rings is 1. The molecule has 0 aromatic carbocycles. The molecule has 22 heavy (non-hydrogen) atoms. The first-order chi connectivity index (χ1) is 10.6. The van der Waals surface area contributed by atoms with E-state index in [9.17, 15) is 14.4 Å². The van der Waals surface area contributed by atoms with Crippen LogP contribution in [-0.4, -0.2) is 40.8 Å². The summed E-state index contributed by atoms with van der Waals surface area (Å²) in [4.78, 5) is 40.1. The highest BCUT2D eigenvalue weighted by molar-refractivity contribution is 6.04. The zero-order valence-electron chi connectivity index (χ0n) is 12.5. The fourth-order valence-corrected chi connectivity index (χ4v) is 2.31. The third-order valence-electron chi connectivity index (χ3n) is 3.51. The molecule has 0 spiro atoms. The number of nitrogens with zero attached hydrogens (tertiary/aromatic N) is 2. The summed E-state index contributed by atoms with van der Waals surface area (Å²) in [5.74, 6) is -0.734. The number of hydrogen-bond donors (Lipinski definition) is 2. The second-order valence-electron chi connectivity index (χ2n) is 5.19. The molecule has 2 N–H and O–H groups in total. The summed E-state index contributed by atoms with van der Waals surface area (Å²) >= 11 is 0. The van der Waals surface area contributed by atoms with Gasteiger partial charge in [0.05, 0.1) is 12.6 Å². The van der Waals surface area contributed by atoms with E-state index in [1.54, 1.807) is 12.4 Å². The number of amides is 4. The smallest absolute Gasteiger partial charge is 0.325 e. The molecule has 1 aliphatic rings. The van der Waals surface area contributed by atoms with Crippen molar-refractivity contribution >= 4 is 17.8 Å². The molecule has 118 valence electrons. The van der Waals surface area contributed by atoms with E-state index in [1.165, 1.54) is 0 Å². The minimum Gasteiger partial charge on any atom is -0.348 e. The molecule has 1 aromatic heterocycles. The van der Waals surface area contributed by atoms with Gasteiger partial charge in [0.1, 0.15) is 6.54 Å². The second-order valence-corrected chi connectivity index (χ2v) is 5.19. The number of nitrogens with one attached hydrogen (secondary N) is 2. The molecule has 0 bridgehead atoms. The number of imide groups is 1. The van der Waals surface area contributed by atoms with E-state index in [0.717, 1.165) is 29.7 Å². The van der Waals surface area contributed by atoms with Crippen LogP contribution >= 0.6 is 0 Å². The average molecular weight is 304 g/mol. The van der Waals surface area contributed by atoms with Crippen LogP contribution in [0.5, 0.6) is 0 Å². The fourth-order valence-electron chi connectivity index (χ4n) is 2.31. The molecule has 2 heterocycles. The third kappa shape index (κ3) is 4.03. The molecule has 1 aliphatic heterocycles. The molecule has 0 unspecified atom stereocenters. The Balaban J connectivity index is 1.99. The Labute approximate surface area is 129 Å². The summed E-state index contributed by atoms with van der Waals surface area (Å²) in [6, 6.07) is 3.03. The van der Waals surface area contributed by atoms with Crippen molar-refractivity contribution in [2.45, 2.75) is 32.2 Å². The van der Waals surface area contributed by atoms with Gasteiger partial charge in [-0.1, -0.05) is 25.8 Å². The summed E-state index contributed by atoms with van der Waals surface area (Å²) in [6.07, 6.45) is 6.15. The van der Waals surface area contributed by atoms with Crippen molar-refractivity contribution in [1.82, 2.24) is 20.5 Å². The van der Waals surface area contributed by atoms with Crippen molar-refractivity contribution in [1.29, 1.82) is 0 Å². The number of unbranched alkanes of at least 4 members (excludes halogenated alkanes) is 1. The molecule has 0 aliphatic carbocycles. The van der Waals surface area contributed by atoms with E-state index >= 15 is 0 Å². The predicted molar refractivity (Wildman–Crippen MR) is 79.8 cm³/mol. The Morgan fingerprint density at radius 2 is 2.32 bits per heavy atom. The normalized spacial score (nSPS) is 15.6. The second kappa shape index (κ2) is 7.53. The lowest BCUT2D eigenvalue weighted by atomic mass is 10.0. The fraction of sp³-hybridized carbons (Fsp3) is 0.467. The maximum atomic E-state index is 12.1. The summed E-state index contributed by atoms with van der Waals surface area (Å²) in [5.41, 5.74) is 0.918. The van der Waals surface area contributed by atoms with Crippen LogP contribution in [0.4, 0.5) is 4.79 Å². The van der Waals surface area contributed by atoms with E-state index < -0.39 is 6.03 Å². The number of hydrogen-bond acceptors (Lipinski definition) is 4. The molecular weight excluding hydrogens is 284 g/mol. The molecule has 7 nitrogen and oxygen atoms in total. The van der Waals surface area contributed by atoms with E-state index in [1.807, 2.05) is 12.1 Å². The molecular formula is C15H20N4O3. The van der Waals surface area contributed by atoms with Crippen molar-refractivity contribution in [2.75, 3.05) is 13.1 Å². The maximum absolute atomic E-state index is 12.1. The van der Waals surface area contributed by atoms with Gasteiger partial charge in [-0.15, -0.1) is 0 Å². The molecule has 4 amide bonds. The van der Waals surface area contributed by atoms with Gasteiger partial charge in [0.25, 0.3) is 5.91 Å². The highest BCUT2D eigenvalue weighted by Gasteiger charge is 2.30. The van der Waals surface area contributed by atoms with Gasteiger partial charge in [-0.3, -0.25) is 19.5 Å². The number of rotatable bonds is 7. The Morgan fingerprint density at radius 3 is 2.91 bits per heavy atom. The molecule has 2 rings (SSSR count). The molecule has 1 saturated heterocycles. The Bertz CT molecular complexity index is 531. The monoisotopic (exact) mass is 304 g/mol. The van der Waals surface area contributed by atoms with Gasteiger partial charge in [0, 0.05) is 12.4 Å². The Hall–Kier alpha value is -2.44. The van der Waals surface area contributed by atoms with Crippen molar-refractivity contribution in [3.63, 3.8) is 0 Å². The van der Waals surface area contributed by atoms with Gasteiger partial charge >= 0.3 is 6.03 Å². The Morgan fingerprint density at radius 1 is 1.50 bits per heavy atom. The third-order valence-corrected chi connectivity index (χ3v) is 3.51. The number of carbonyl (C=O) groups excluding carboxylic acids is 3. The van der Waals surface area contributed by atoms with Gasteiger partial charge in [-0.25, -0.2) is 4.79 Å². The molecule has 1 fully saturated rings. The topological polar surface area (TPSA) is 91.4 Å². The van der Waals surface area contributed by atoms with Gasteiger partial charge in [0.15, 0.2) is 0 Å². The van der Waals surface area contributed by atoms with Crippen LogP contribution in [0.1, 0.15) is 37.8 Å². The lowest BCUT2D eigenvalue weighted by molar-refractivity contribution is -0.131. The quantitative estimate of drug-likeness (QED) is 0.735. The van der Waals surface area contributed by atoms with Crippen molar-refractivity contribution in [2.24, 2.45) is 0 Å². The van der Waals surface area contributed by atoms with Gasteiger partial charge < -0.3 is 10.6 Å². The van der Waals surface area contributed by atoms with Crippen LogP contribution < -0.4 is 10.6 Å². The van der Waals surface area contributed by atoms with Crippen molar-refractivity contribution in [3.05, 3.63) is 30.1 Å². The number of carbonyl (C=O) groups is 3. The summed E-state index contributed by atoms with van der Waals surface area (Å²) in [7, 11) is 0. The molecule has 1 atom stereocenters. The van der Waals surface area contributed by atoms with E-state index in [4.69, 9.17) is 0 Å². The minimum atomic E-state index is -0.522. The summed E-state index contributed by atoms with van der Waals surface area (Å²) in [6.45, 7) is 1.77. The van der Waals surface area contributed by atoms with Crippen LogP contribution in [0.2, 0.25) is 0 Å². The SMILES string of the molecule is CCCC[C@H](NC(=O)CN1C(=O)CNC1=O)c1cccnc1. The standard InChI is InChI=1S/C15H20N4O3/c1-2-3-6-12(11-5-4-7-16-8-11)18-13(20)10-19-14(21)9-17-15(19)22/h4-5,7-8,12H,2-3,6,9-10H2,1H3,(H,17,22)(H,18,20)/t12-/m0/s1. The molecule has 1 aromatic rings. The van der Waals surface area contributed by atoms with Crippen LogP contribution in [-0.2, 0) is 9.59 Å². The van der Waals surface area contributed by atoms with E-state index in [-0.39, 0.29) is 30.9 Å². The zero-order chi connectivity index (χ0) is 15.9. The highest BCUT2D eigenvalue weighted by atomic mass is 16.2. The van der Waals surface area contributed by atoms with Gasteiger partial charge in [0.2, 0.25) is 5.91 Å². The highest BCUT2D eigenvalue weighted by Crippen LogP contribution is 2.18. The first-order valence-corrected chi connectivity index (χ1v) is 7.39. The van der Waals surface area contributed by atoms with Crippen LogP contribution in [0, 0.1) is 0 Å². The molecule has 0 saturated carbocycles. The van der Waals surface area contributed by atoms with Crippen LogP contribution in [0.15, 0.2) is 24.5 Å². The van der Waals surface area contributed by atoms with Crippen LogP contribution in [0.3, 0.4) is 0 Å². The zero-order valence-corrected chi connectivity index (χ0v) is 12.5. The van der Waals surface area contributed by atoms with E-state index in [0.29, 0.717) is 0 Å². The largest absolute Gasteiger partial charge is 0.348 e. The molecule has 7 heteroatoms. The first kappa shape index (κ1) is 15.9. The lowest BCUT2D eigenvalue weighted by Gasteiger charge is -2.20. The van der Waals surface area contributed by atoms with Gasteiger partial charge in [-0.2, -0.15) is 0 Å². The average Bonchev–Trinajstić information content (AvgIpc) is 2.84. The summed E-state index contributed by atoms with van der Waals surface area (Å²) in [5, 5.41) is 5.27. The van der Waals surface area contributed by atoms with Crippen LogP contribution in [0.25, 0.3) is 0 Å². The molecule has 0 radical (unpaired) electrons.